The molecule has 0 aliphatic heterocycles. The van der Waals surface area contributed by atoms with Crippen molar-refractivity contribution in [2.45, 2.75) is 33.2 Å². The molecule has 0 heterocycles. The molecular weight excluding hydrogens is 218 g/mol. The van der Waals surface area contributed by atoms with E-state index in [4.69, 9.17) is 11.6 Å². The van der Waals surface area contributed by atoms with Crippen molar-refractivity contribution in [3.8, 4) is 11.8 Å². The van der Waals surface area contributed by atoms with Gasteiger partial charge in [-0.25, -0.2) is 0 Å². The van der Waals surface area contributed by atoms with Gasteiger partial charge in [-0.15, -0.1) is 11.8 Å². The first-order chi connectivity index (χ1) is 7.69. The van der Waals surface area contributed by atoms with E-state index in [9.17, 15) is 0 Å². The molecule has 0 spiro atoms. The Morgan fingerprint density at radius 1 is 1.44 bits per heavy atom. The smallest absolute Gasteiger partial charge is 0.0433 e. The molecule has 1 nitrogen and oxygen atoms in total. The summed E-state index contributed by atoms with van der Waals surface area (Å²) in [7, 11) is 0. The summed E-state index contributed by atoms with van der Waals surface area (Å²) in [6, 6.07) is 6.33. The minimum absolute atomic E-state index is 0.301. The second kappa shape index (κ2) is 6.58. The summed E-state index contributed by atoms with van der Waals surface area (Å²) < 4.78 is 0. The van der Waals surface area contributed by atoms with E-state index in [1.165, 1.54) is 11.1 Å². The number of benzene rings is 1. The Balaban J connectivity index is 2.94. The summed E-state index contributed by atoms with van der Waals surface area (Å²) in [6.07, 6.45) is 0.840. The fourth-order valence-corrected chi connectivity index (χ4v) is 2.00. The maximum atomic E-state index is 5.95. The van der Waals surface area contributed by atoms with Crippen molar-refractivity contribution in [2.75, 3.05) is 6.54 Å². The normalized spacial score (nSPS) is 11.8. The first-order valence-electron chi connectivity index (χ1n) is 5.58. The zero-order valence-corrected chi connectivity index (χ0v) is 10.9. The highest BCUT2D eigenvalue weighted by Gasteiger charge is 2.11. The van der Waals surface area contributed by atoms with Gasteiger partial charge in [0.2, 0.25) is 0 Å². The highest BCUT2D eigenvalue weighted by Crippen LogP contribution is 2.23. The molecule has 0 bridgehead atoms. The van der Waals surface area contributed by atoms with Gasteiger partial charge in [-0.2, -0.15) is 0 Å². The number of hydrogen-bond acceptors (Lipinski definition) is 1. The lowest BCUT2D eigenvalue weighted by molar-refractivity contribution is 0.562. The first kappa shape index (κ1) is 13.1. The maximum absolute atomic E-state index is 5.95. The van der Waals surface area contributed by atoms with Gasteiger partial charge in [0.1, 0.15) is 0 Å². The van der Waals surface area contributed by atoms with Gasteiger partial charge in [-0.05, 0) is 43.7 Å². The molecule has 86 valence electrons. The van der Waals surface area contributed by atoms with Crippen molar-refractivity contribution in [3.63, 3.8) is 0 Å². The van der Waals surface area contributed by atoms with E-state index in [0.29, 0.717) is 6.04 Å². The fourth-order valence-electron chi connectivity index (χ4n) is 1.77. The Kier molecular flexibility index (Phi) is 5.38. The van der Waals surface area contributed by atoms with Crippen molar-refractivity contribution in [3.05, 3.63) is 34.3 Å². The molecule has 0 aliphatic carbocycles. The molecule has 0 saturated heterocycles. The number of halogens is 1. The first-order valence-corrected chi connectivity index (χ1v) is 5.95. The predicted molar refractivity (Wildman–Crippen MR) is 70.7 cm³/mol. The molecule has 0 radical (unpaired) electrons. The highest BCUT2D eigenvalue weighted by molar-refractivity contribution is 6.30. The van der Waals surface area contributed by atoms with Crippen LogP contribution in [-0.4, -0.2) is 6.54 Å². The lowest BCUT2D eigenvalue weighted by Gasteiger charge is -2.18. The van der Waals surface area contributed by atoms with Gasteiger partial charge in [0.15, 0.2) is 0 Å². The van der Waals surface area contributed by atoms with Gasteiger partial charge in [-0.3, -0.25) is 0 Å². The van der Waals surface area contributed by atoms with Crippen LogP contribution in [0.25, 0.3) is 0 Å². The minimum atomic E-state index is 0.301. The van der Waals surface area contributed by atoms with Crippen LogP contribution >= 0.6 is 11.6 Å². The van der Waals surface area contributed by atoms with Crippen LogP contribution < -0.4 is 5.32 Å². The van der Waals surface area contributed by atoms with Crippen molar-refractivity contribution in [2.24, 2.45) is 0 Å². The zero-order chi connectivity index (χ0) is 12.0. The van der Waals surface area contributed by atoms with Crippen molar-refractivity contribution in [1.29, 1.82) is 0 Å². The molecule has 1 N–H and O–H groups in total. The summed E-state index contributed by atoms with van der Waals surface area (Å²) in [6.45, 7) is 7.01. The van der Waals surface area contributed by atoms with Gasteiger partial charge in [0.05, 0.1) is 0 Å². The van der Waals surface area contributed by atoms with Crippen LogP contribution in [0.3, 0.4) is 0 Å². The average molecular weight is 236 g/mol. The van der Waals surface area contributed by atoms with E-state index in [1.54, 1.807) is 0 Å². The van der Waals surface area contributed by atoms with Gasteiger partial charge < -0.3 is 5.32 Å². The second-order valence-corrected chi connectivity index (χ2v) is 4.18. The molecule has 1 unspecified atom stereocenters. The highest BCUT2D eigenvalue weighted by atomic mass is 35.5. The van der Waals surface area contributed by atoms with Gasteiger partial charge in [-0.1, -0.05) is 24.6 Å². The standard InChI is InChI=1S/C14H18ClN/c1-4-6-7-14(16-5-2)13-9-8-12(15)10-11(13)3/h8-10,14,16H,5,7H2,1-3H3. The van der Waals surface area contributed by atoms with Gasteiger partial charge >= 0.3 is 0 Å². The summed E-state index contributed by atoms with van der Waals surface area (Å²) in [4.78, 5) is 0. The Morgan fingerprint density at radius 3 is 2.75 bits per heavy atom. The Bertz CT molecular complexity index is 401. The van der Waals surface area contributed by atoms with E-state index in [0.717, 1.165) is 18.0 Å². The van der Waals surface area contributed by atoms with Crippen LogP contribution in [0.2, 0.25) is 5.02 Å². The molecule has 0 aliphatic rings. The lowest BCUT2D eigenvalue weighted by Crippen LogP contribution is -2.21. The van der Waals surface area contributed by atoms with Crippen molar-refractivity contribution in [1.82, 2.24) is 5.32 Å². The SMILES string of the molecule is CC#CCC(NCC)c1ccc(Cl)cc1C. The van der Waals surface area contributed by atoms with E-state index in [-0.39, 0.29) is 0 Å². The largest absolute Gasteiger partial charge is 0.309 e. The molecule has 1 rings (SSSR count). The molecule has 0 saturated carbocycles. The molecule has 16 heavy (non-hydrogen) atoms. The van der Waals surface area contributed by atoms with Crippen LogP contribution in [-0.2, 0) is 0 Å². The van der Waals surface area contributed by atoms with Crippen molar-refractivity contribution >= 4 is 11.6 Å². The van der Waals surface area contributed by atoms with Crippen LogP contribution in [0.15, 0.2) is 18.2 Å². The summed E-state index contributed by atoms with van der Waals surface area (Å²) in [5.41, 5.74) is 2.50. The van der Waals surface area contributed by atoms with Crippen LogP contribution in [0.1, 0.15) is 37.4 Å². The van der Waals surface area contributed by atoms with E-state index in [1.807, 2.05) is 19.1 Å². The zero-order valence-electron chi connectivity index (χ0n) is 10.1. The molecule has 0 fully saturated rings. The third kappa shape index (κ3) is 3.56. The third-order valence-electron chi connectivity index (χ3n) is 2.54. The van der Waals surface area contributed by atoms with E-state index in [2.05, 4.69) is 37.1 Å². The molecule has 0 aromatic heterocycles. The van der Waals surface area contributed by atoms with Crippen LogP contribution in [0, 0.1) is 18.8 Å². The molecule has 1 atom stereocenters. The number of aryl methyl sites for hydroxylation is 1. The van der Waals surface area contributed by atoms with E-state index < -0.39 is 0 Å². The second-order valence-electron chi connectivity index (χ2n) is 3.74. The lowest BCUT2D eigenvalue weighted by atomic mass is 9.99. The Hall–Kier alpha value is -0.970. The summed E-state index contributed by atoms with van der Waals surface area (Å²) in [5, 5.41) is 4.24. The van der Waals surface area contributed by atoms with Gasteiger partial charge in [0.25, 0.3) is 0 Å². The summed E-state index contributed by atoms with van der Waals surface area (Å²) >= 11 is 5.95. The minimum Gasteiger partial charge on any atom is -0.309 e. The molecule has 0 amide bonds. The van der Waals surface area contributed by atoms with Gasteiger partial charge in [0, 0.05) is 17.5 Å². The topological polar surface area (TPSA) is 12.0 Å². The monoisotopic (exact) mass is 235 g/mol. The van der Waals surface area contributed by atoms with E-state index >= 15 is 0 Å². The quantitative estimate of drug-likeness (QED) is 0.785. The number of hydrogen-bond donors (Lipinski definition) is 1. The fraction of sp³-hybridized carbons (Fsp3) is 0.429. The van der Waals surface area contributed by atoms with Crippen LogP contribution in [0.4, 0.5) is 0 Å². The molecular formula is C14H18ClN. The van der Waals surface area contributed by atoms with Crippen molar-refractivity contribution < 1.29 is 0 Å². The average Bonchev–Trinajstić information content (AvgIpc) is 2.25. The molecule has 1 aromatic rings. The molecule has 1 aromatic carbocycles. The number of nitrogens with one attached hydrogen (secondary N) is 1. The predicted octanol–water partition coefficient (Wildman–Crippen LogP) is 3.71. The number of rotatable bonds is 4. The maximum Gasteiger partial charge on any atom is 0.0433 e. The Labute approximate surface area is 103 Å². The summed E-state index contributed by atoms with van der Waals surface area (Å²) in [5.74, 6) is 6.07. The van der Waals surface area contributed by atoms with Crippen LogP contribution in [0.5, 0.6) is 0 Å². The molecule has 2 heteroatoms. The third-order valence-corrected chi connectivity index (χ3v) is 2.78. The Morgan fingerprint density at radius 2 is 2.19 bits per heavy atom.